The molecule has 0 saturated carbocycles. The summed E-state index contributed by atoms with van der Waals surface area (Å²) in [5.74, 6) is 1.67. The van der Waals surface area contributed by atoms with Crippen LogP contribution in [0.3, 0.4) is 0 Å². The molecule has 0 amide bonds. The number of ether oxygens (including phenoxy) is 1. The molecule has 0 bridgehead atoms. The maximum absolute atomic E-state index is 5.43. The van der Waals surface area contributed by atoms with Gasteiger partial charge in [-0.1, -0.05) is 45.9 Å². The Hall–Kier alpha value is -1.06. The summed E-state index contributed by atoms with van der Waals surface area (Å²) in [6.45, 7) is 13.2. The first-order valence-electron chi connectivity index (χ1n) is 7.85. The topological polar surface area (TPSA) is 24.5 Å². The van der Waals surface area contributed by atoms with Crippen LogP contribution < -0.4 is 10.1 Å². The molecule has 120 valence electrons. The van der Waals surface area contributed by atoms with E-state index in [2.05, 4.69) is 57.1 Å². The Morgan fingerprint density at radius 3 is 2.52 bits per heavy atom. The van der Waals surface area contributed by atoms with E-state index in [0.717, 1.165) is 31.9 Å². The van der Waals surface area contributed by atoms with Gasteiger partial charge >= 0.3 is 0 Å². The van der Waals surface area contributed by atoms with Crippen molar-refractivity contribution in [2.75, 3.05) is 33.8 Å². The van der Waals surface area contributed by atoms with E-state index in [-0.39, 0.29) is 5.41 Å². The molecule has 0 atom stereocenters. The van der Waals surface area contributed by atoms with E-state index in [9.17, 15) is 0 Å². The lowest BCUT2D eigenvalue weighted by Gasteiger charge is -2.31. The van der Waals surface area contributed by atoms with Crippen molar-refractivity contribution in [1.29, 1.82) is 0 Å². The molecule has 1 aromatic carbocycles. The van der Waals surface area contributed by atoms with Crippen LogP contribution in [0.25, 0.3) is 0 Å². The minimum absolute atomic E-state index is 0.256. The van der Waals surface area contributed by atoms with Gasteiger partial charge in [-0.25, -0.2) is 0 Å². The number of benzene rings is 1. The molecule has 0 unspecified atom stereocenters. The van der Waals surface area contributed by atoms with Crippen molar-refractivity contribution in [2.45, 2.75) is 34.2 Å². The number of hydrogen-bond donors (Lipinski definition) is 1. The predicted octanol–water partition coefficient (Wildman–Crippen LogP) is 3.40. The molecule has 21 heavy (non-hydrogen) atoms. The highest BCUT2D eigenvalue weighted by atomic mass is 16.5. The van der Waals surface area contributed by atoms with Crippen molar-refractivity contribution in [3.05, 3.63) is 29.8 Å². The molecule has 0 aromatic heterocycles. The van der Waals surface area contributed by atoms with E-state index < -0.39 is 0 Å². The van der Waals surface area contributed by atoms with Gasteiger partial charge in [0.25, 0.3) is 0 Å². The van der Waals surface area contributed by atoms with Crippen LogP contribution in [0.15, 0.2) is 24.3 Å². The maximum atomic E-state index is 5.43. The largest absolute Gasteiger partial charge is 0.496 e. The molecular weight excluding hydrogens is 260 g/mol. The number of methoxy groups -OCH3 is 1. The number of rotatable bonds is 9. The zero-order valence-corrected chi connectivity index (χ0v) is 14.6. The van der Waals surface area contributed by atoms with Gasteiger partial charge in [0.1, 0.15) is 5.75 Å². The highest BCUT2D eigenvalue weighted by Gasteiger charge is 2.20. The van der Waals surface area contributed by atoms with Crippen molar-refractivity contribution in [3.63, 3.8) is 0 Å². The number of para-hydroxylation sites is 1. The van der Waals surface area contributed by atoms with Gasteiger partial charge in [-0.05, 0) is 31.0 Å². The normalized spacial score (nSPS) is 12.2. The Morgan fingerprint density at radius 1 is 1.24 bits per heavy atom. The predicted molar refractivity (Wildman–Crippen MR) is 90.8 cm³/mol. The van der Waals surface area contributed by atoms with Gasteiger partial charge in [-0.2, -0.15) is 0 Å². The minimum atomic E-state index is 0.256. The quantitative estimate of drug-likeness (QED) is 0.755. The molecule has 0 spiro atoms. The fourth-order valence-electron chi connectivity index (χ4n) is 2.67. The van der Waals surface area contributed by atoms with Crippen LogP contribution >= 0.6 is 0 Å². The van der Waals surface area contributed by atoms with Crippen molar-refractivity contribution in [1.82, 2.24) is 10.2 Å². The second-order valence-corrected chi connectivity index (χ2v) is 7.17. The minimum Gasteiger partial charge on any atom is -0.496 e. The lowest BCUT2D eigenvalue weighted by Crippen LogP contribution is -2.39. The molecular formula is C18H32N2O. The van der Waals surface area contributed by atoms with E-state index in [1.807, 2.05) is 12.1 Å². The van der Waals surface area contributed by atoms with E-state index in [4.69, 9.17) is 4.74 Å². The van der Waals surface area contributed by atoms with Gasteiger partial charge < -0.3 is 15.0 Å². The molecule has 0 aliphatic carbocycles. The molecule has 0 heterocycles. The summed E-state index contributed by atoms with van der Waals surface area (Å²) in [5, 5.41) is 3.57. The number of nitrogens with zero attached hydrogens (tertiary/aromatic N) is 1. The SMILES string of the molecule is COc1ccccc1CN(C)CC(C)(C)CNCC(C)C. The number of hydrogen-bond acceptors (Lipinski definition) is 3. The van der Waals surface area contributed by atoms with Gasteiger partial charge in [0.05, 0.1) is 7.11 Å². The maximum Gasteiger partial charge on any atom is 0.123 e. The third-order valence-corrected chi connectivity index (χ3v) is 3.49. The van der Waals surface area contributed by atoms with Crippen molar-refractivity contribution in [3.8, 4) is 5.75 Å². The monoisotopic (exact) mass is 292 g/mol. The van der Waals surface area contributed by atoms with Gasteiger partial charge in [0, 0.05) is 25.2 Å². The third-order valence-electron chi connectivity index (χ3n) is 3.49. The summed E-state index contributed by atoms with van der Waals surface area (Å²) in [4.78, 5) is 2.37. The Labute approximate surface area is 130 Å². The molecule has 3 nitrogen and oxygen atoms in total. The van der Waals surface area contributed by atoms with Crippen molar-refractivity contribution in [2.24, 2.45) is 11.3 Å². The van der Waals surface area contributed by atoms with E-state index in [1.165, 1.54) is 5.56 Å². The molecule has 3 heteroatoms. The molecule has 0 radical (unpaired) electrons. The number of nitrogens with one attached hydrogen (secondary N) is 1. The highest BCUT2D eigenvalue weighted by Crippen LogP contribution is 2.21. The zero-order valence-electron chi connectivity index (χ0n) is 14.6. The lowest BCUT2D eigenvalue weighted by molar-refractivity contribution is 0.195. The molecule has 1 N–H and O–H groups in total. The van der Waals surface area contributed by atoms with Gasteiger partial charge in [-0.3, -0.25) is 0 Å². The third kappa shape index (κ3) is 6.96. The summed E-state index contributed by atoms with van der Waals surface area (Å²) >= 11 is 0. The molecule has 1 rings (SSSR count). The van der Waals surface area contributed by atoms with Crippen molar-refractivity contribution < 1.29 is 4.74 Å². The molecule has 0 saturated heterocycles. The summed E-state index contributed by atoms with van der Waals surface area (Å²) in [6, 6.07) is 8.25. The fraction of sp³-hybridized carbons (Fsp3) is 0.667. The average Bonchev–Trinajstić information content (AvgIpc) is 2.37. The van der Waals surface area contributed by atoms with Crippen LogP contribution in [-0.4, -0.2) is 38.7 Å². The van der Waals surface area contributed by atoms with Crippen molar-refractivity contribution >= 4 is 0 Å². The van der Waals surface area contributed by atoms with Gasteiger partial charge in [0.15, 0.2) is 0 Å². The average molecular weight is 292 g/mol. The van der Waals surface area contributed by atoms with Crippen LogP contribution in [0.4, 0.5) is 0 Å². The second kappa shape index (κ2) is 8.40. The first-order valence-corrected chi connectivity index (χ1v) is 7.85. The van der Waals surface area contributed by atoms with Crippen LogP contribution in [0.1, 0.15) is 33.3 Å². The standard InChI is InChI=1S/C18H32N2O/c1-15(2)11-19-13-18(3,4)14-20(5)12-16-9-7-8-10-17(16)21-6/h7-10,15,19H,11-14H2,1-6H3. The summed E-state index contributed by atoms with van der Waals surface area (Å²) in [7, 11) is 3.91. The van der Waals surface area contributed by atoms with Crippen LogP contribution in [0, 0.1) is 11.3 Å². The molecule has 1 aromatic rings. The van der Waals surface area contributed by atoms with Crippen LogP contribution in [-0.2, 0) is 6.54 Å². The van der Waals surface area contributed by atoms with Crippen LogP contribution in [0.2, 0.25) is 0 Å². The smallest absolute Gasteiger partial charge is 0.123 e. The molecule has 0 aliphatic heterocycles. The summed E-state index contributed by atoms with van der Waals surface area (Å²) in [5.41, 5.74) is 1.50. The van der Waals surface area contributed by atoms with Crippen LogP contribution in [0.5, 0.6) is 5.75 Å². The van der Waals surface area contributed by atoms with E-state index in [0.29, 0.717) is 5.92 Å². The molecule has 0 aliphatic rings. The van der Waals surface area contributed by atoms with Gasteiger partial charge in [0.2, 0.25) is 0 Å². The summed E-state index contributed by atoms with van der Waals surface area (Å²) < 4.78 is 5.43. The Bertz CT molecular complexity index is 415. The highest BCUT2D eigenvalue weighted by molar-refractivity contribution is 5.33. The molecule has 0 fully saturated rings. The Morgan fingerprint density at radius 2 is 1.90 bits per heavy atom. The lowest BCUT2D eigenvalue weighted by atomic mass is 9.92. The Kier molecular flexibility index (Phi) is 7.20. The van der Waals surface area contributed by atoms with Gasteiger partial charge in [-0.15, -0.1) is 0 Å². The zero-order chi connectivity index (χ0) is 15.9. The fourth-order valence-corrected chi connectivity index (χ4v) is 2.67. The van der Waals surface area contributed by atoms with E-state index >= 15 is 0 Å². The second-order valence-electron chi connectivity index (χ2n) is 7.17. The Balaban J connectivity index is 2.49. The van der Waals surface area contributed by atoms with E-state index in [1.54, 1.807) is 7.11 Å². The first-order chi connectivity index (χ1) is 9.84. The first kappa shape index (κ1) is 18.0. The summed E-state index contributed by atoms with van der Waals surface area (Å²) in [6.07, 6.45) is 0.